The topological polar surface area (TPSA) is 18.5 Å². The highest BCUT2D eigenvalue weighted by atomic mass is 17.2. The molecule has 0 saturated carbocycles. The summed E-state index contributed by atoms with van der Waals surface area (Å²) in [7, 11) is 1.56. The predicted octanol–water partition coefficient (Wildman–Crippen LogP) is 2.92. The van der Waals surface area contributed by atoms with Gasteiger partial charge in [-0.05, 0) is 13.3 Å². The molecule has 11 heavy (non-hydrogen) atoms. The maximum Gasteiger partial charge on any atom is 0.0901 e. The molecule has 0 amide bonds. The van der Waals surface area contributed by atoms with E-state index in [1.165, 1.54) is 25.7 Å². The zero-order valence-corrected chi connectivity index (χ0v) is 7.93. The van der Waals surface area contributed by atoms with Crippen LogP contribution in [0.4, 0.5) is 0 Å². The van der Waals surface area contributed by atoms with Crippen molar-refractivity contribution in [3.63, 3.8) is 0 Å². The second-order valence-electron chi connectivity index (χ2n) is 2.92. The van der Waals surface area contributed by atoms with Crippen molar-refractivity contribution in [2.24, 2.45) is 0 Å². The summed E-state index contributed by atoms with van der Waals surface area (Å²) in [4.78, 5) is 9.48. The second kappa shape index (κ2) is 8.02. The van der Waals surface area contributed by atoms with Gasteiger partial charge in [0.1, 0.15) is 0 Å². The summed E-state index contributed by atoms with van der Waals surface area (Å²) in [5.41, 5.74) is 0. The monoisotopic (exact) mass is 160 g/mol. The third-order valence-electron chi connectivity index (χ3n) is 1.72. The maximum atomic E-state index is 4.92. The van der Waals surface area contributed by atoms with Gasteiger partial charge in [0.15, 0.2) is 0 Å². The van der Waals surface area contributed by atoms with Gasteiger partial charge >= 0.3 is 0 Å². The molecule has 0 fully saturated rings. The van der Waals surface area contributed by atoms with Crippen molar-refractivity contribution < 1.29 is 9.78 Å². The van der Waals surface area contributed by atoms with E-state index in [4.69, 9.17) is 4.89 Å². The van der Waals surface area contributed by atoms with Gasteiger partial charge in [0.25, 0.3) is 0 Å². The molecule has 0 N–H and O–H groups in total. The SMILES string of the molecule is CCCCCCC(C)OOC. The molecule has 2 nitrogen and oxygen atoms in total. The highest BCUT2D eigenvalue weighted by Crippen LogP contribution is 2.07. The van der Waals surface area contributed by atoms with E-state index in [-0.39, 0.29) is 6.10 Å². The van der Waals surface area contributed by atoms with Crippen LogP contribution in [0.15, 0.2) is 0 Å². The van der Waals surface area contributed by atoms with Gasteiger partial charge in [-0.3, -0.25) is 0 Å². The standard InChI is InChI=1S/C9H20O2/c1-4-5-6-7-8-9(2)11-10-3/h9H,4-8H2,1-3H3. The lowest BCUT2D eigenvalue weighted by Gasteiger charge is -2.08. The van der Waals surface area contributed by atoms with Gasteiger partial charge in [0, 0.05) is 0 Å². The molecule has 0 aliphatic rings. The molecule has 0 heterocycles. The van der Waals surface area contributed by atoms with Crippen LogP contribution in [-0.4, -0.2) is 13.2 Å². The summed E-state index contributed by atoms with van der Waals surface area (Å²) in [5, 5.41) is 0. The van der Waals surface area contributed by atoms with Gasteiger partial charge in [0.2, 0.25) is 0 Å². The van der Waals surface area contributed by atoms with Crippen LogP contribution in [0.25, 0.3) is 0 Å². The average molecular weight is 160 g/mol. The lowest BCUT2D eigenvalue weighted by molar-refractivity contribution is -0.301. The minimum atomic E-state index is 0.247. The van der Waals surface area contributed by atoms with Gasteiger partial charge in [-0.25, -0.2) is 9.78 Å². The second-order valence-corrected chi connectivity index (χ2v) is 2.92. The Bertz CT molecular complexity index is 74.0. The largest absolute Gasteiger partial charge is 0.240 e. The molecule has 0 aromatic rings. The van der Waals surface area contributed by atoms with Crippen LogP contribution in [0.5, 0.6) is 0 Å². The number of hydrogen-bond donors (Lipinski definition) is 0. The van der Waals surface area contributed by atoms with Crippen molar-refractivity contribution in [2.45, 2.75) is 52.1 Å². The Balaban J connectivity index is 2.97. The summed E-state index contributed by atoms with van der Waals surface area (Å²) in [6, 6.07) is 0. The van der Waals surface area contributed by atoms with Gasteiger partial charge in [0.05, 0.1) is 13.2 Å². The maximum absolute atomic E-state index is 4.92. The normalized spacial score (nSPS) is 13.4. The smallest absolute Gasteiger partial charge is 0.0901 e. The minimum absolute atomic E-state index is 0.247. The fourth-order valence-corrected chi connectivity index (χ4v) is 1.07. The summed E-state index contributed by atoms with van der Waals surface area (Å²) in [6.45, 7) is 4.25. The molecule has 0 aromatic heterocycles. The summed E-state index contributed by atoms with van der Waals surface area (Å²) >= 11 is 0. The summed E-state index contributed by atoms with van der Waals surface area (Å²) in [6.07, 6.45) is 6.54. The van der Waals surface area contributed by atoms with Gasteiger partial charge < -0.3 is 0 Å². The Morgan fingerprint density at radius 2 is 1.91 bits per heavy atom. The van der Waals surface area contributed by atoms with Crippen molar-refractivity contribution in [3.05, 3.63) is 0 Å². The van der Waals surface area contributed by atoms with E-state index in [1.54, 1.807) is 7.11 Å². The van der Waals surface area contributed by atoms with E-state index in [0.29, 0.717) is 0 Å². The van der Waals surface area contributed by atoms with Crippen molar-refractivity contribution >= 4 is 0 Å². The Kier molecular flexibility index (Phi) is 7.96. The van der Waals surface area contributed by atoms with Crippen LogP contribution in [0.3, 0.4) is 0 Å². The Labute approximate surface area is 69.8 Å². The molecule has 0 saturated heterocycles. The summed E-state index contributed by atoms with van der Waals surface area (Å²) in [5.74, 6) is 0. The van der Waals surface area contributed by atoms with E-state index < -0.39 is 0 Å². The first-order chi connectivity index (χ1) is 5.31. The molecule has 0 aliphatic heterocycles. The zero-order valence-electron chi connectivity index (χ0n) is 7.93. The van der Waals surface area contributed by atoms with Crippen molar-refractivity contribution in [3.8, 4) is 0 Å². The van der Waals surface area contributed by atoms with Crippen LogP contribution < -0.4 is 0 Å². The highest BCUT2D eigenvalue weighted by Gasteiger charge is 2.00. The Morgan fingerprint density at radius 3 is 2.45 bits per heavy atom. The highest BCUT2D eigenvalue weighted by molar-refractivity contribution is 4.48. The van der Waals surface area contributed by atoms with Crippen molar-refractivity contribution in [1.82, 2.24) is 0 Å². The quantitative estimate of drug-likeness (QED) is 0.324. The molecule has 0 rings (SSSR count). The molecule has 68 valence electrons. The number of hydrogen-bond acceptors (Lipinski definition) is 2. The zero-order chi connectivity index (χ0) is 8.53. The molecule has 0 radical (unpaired) electrons. The molecule has 0 aliphatic carbocycles. The first-order valence-electron chi connectivity index (χ1n) is 4.50. The Morgan fingerprint density at radius 1 is 1.18 bits per heavy atom. The van der Waals surface area contributed by atoms with Crippen LogP contribution in [0, 0.1) is 0 Å². The fraction of sp³-hybridized carbons (Fsp3) is 1.00. The van der Waals surface area contributed by atoms with Crippen LogP contribution >= 0.6 is 0 Å². The number of rotatable bonds is 7. The molecule has 2 heteroatoms. The van der Waals surface area contributed by atoms with Crippen LogP contribution in [0.2, 0.25) is 0 Å². The van der Waals surface area contributed by atoms with E-state index in [2.05, 4.69) is 11.8 Å². The van der Waals surface area contributed by atoms with Crippen molar-refractivity contribution in [2.75, 3.05) is 7.11 Å². The fourth-order valence-electron chi connectivity index (χ4n) is 1.07. The third-order valence-corrected chi connectivity index (χ3v) is 1.72. The first kappa shape index (κ1) is 10.9. The molecule has 0 aromatic carbocycles. The third kappa shape index (κ3) is 7.82. The molecule has 0 spiro atoms. The molecular formula is C9H20O2. The van der Waals surface area contributed by atoms with Gasteiger partial charge in [-0.15, -0.1) is 0 Å². The van der Waals surface area contributed by atoms with Gasteiger partial charge in [-0.2, -0.15) is 0 Å². The first-order valence-corrected chi connectivity index (χ1v) is 4.50. The van der Waals surface area contributed by atoms with Gasteiger partial charge in [-0.1, -0.05) is 32.6 Å². The molecule has 1 atom stereocenters. The average Bonchev–Trinajstić information content (AvgIpc) is 1.99. The lowest BCUT2D eigenvalue weighted by Crippen LogP contribution is -2.06. The molecule has 0 bridgehead atoms. The van der Waals surface area contributed by atoms with Crippen molar-refractivity contribution in [1.29, 1.82) is 0 Å². The predicted molar refractivity (Wildman–Crippen MR) is 46.3 cm³/mol. The lowest BCUT2D eigenvalue weighted by atomic mass is 10.1. The number of unbranched alkanes of at least 4 members (excludes halogenated alkanes) is 3. The minimum Gasteiger partial charge on any atom is -0.240 e. The van der Waals surface area contributed by atoms with Crippen LogP contribution in [0.1, 0.15) is 46.0 Å². The molecule has 1 unspecified atom stereocenters. The Hall–Kier alpha value is -0.0800. The van der Waals surface area contributed by atoms with Crippen LogP contribution in [-0.2, 0) is 9.78 Å². The van der Waals surface area contributed by atoms with E-state index in [0.717, 1.165) is 6.42 Å². The van der Waals surface area contributed by atoms with E-state index in [1.807, 2.05) is 6.92 Å². The molecular weight excluding hydrogens is 140 g/mol. The van der Waals surface area contributed by atoms with E-state index in [9.17, 15) is 0 Å². The van der Waals surface area contributed by atoms with E-state index >= 15 is 0 Å². The summed E-state index contributed by atoms with van der Waals surface area (Å²) < 4.78 is 0.